The highest BCUT2D eigenvalue weighted by atomic mass is 19.4. The Morgan fingerprint density at radius 1 is 1.11 bits per heavy atom. The predicted octanol–water partition coefficient (Wildman–Crippen LogP) is 2.86. The molecule has 98 valence electrons. The molecule has 0 unspecified atom stereocenters. The molecule has 0 bridgehead atoms. The summed E-state index contributed by atoms with van der Waals surface area (Å²) >= 11 is 0. The fourth-order valence-electron chi connectivity index (χ4n) is 1.50. The summed E-state index contributed by atoms with van der Waals surface area (Å²) in [6.45, 7) is 0. The van der Waals surface area contributed by atoms with Gasteiger partial charge in [0.15, 0.2) is 5.82 Å². The lowest BCUT2D eigenvalue weighted by Crippen LogP contribution is -2.08. The molecule has 0 spiro atoms. The quantitative estimate of drug-likeness (QED) is 0.909. The Morgan fingerprint density at radius 3 is 2.21 bits per heavy atom. The first-order valence-corrected chi connectivity index (χ1v) is 5.11. The van der Waals surface area contributed by atoms with E-state index in [0.29, 0.717) is 0 Å². The van der Waals surface area contributed by atoms with Gasteiger partial charge < -0.3 is 5.11 Å². The molecule has 1 heterocycles. The van der Waals surface area contributed by atoms with Crippen molar-refractivity contribution in [3.8, 4) is 11.4 Å². The highest BCUT2D eigenvalue weighted by molar-refractivity contribution is 5.86. The van der Waals surface area contributed by atoms with Gasteiger partial charge in [0.2, 0.25) is 0 Å². The van der Waals surface area contributed by atoms with Gasteiger partial charge in [-0.15, -0.1) is 0 Å². The number of hydrogen-bond acceptors (Lipinski definition) is 3. The van der Waals surface area contributed by atoms with Crippen LogP contribution in [0.15, 0.2) is 36.7 Å². The average Bonchev–Trinajstić information content (AvgIpc) is 2.38. The Hall–Kier alpha value is -2.44. The van der Waals surface area contributed by atoms with Crippen LogP contribution in [0.4, 0.5) is 13.2 Å². The second kappa shape index (κ2) is 4.68. The molecule has 1 N–H and O–H groups in total. The van der Waals surface area contributed by atoms with Crippen molar-refractivity contribution in [2.45, 2.75) is 6.18 Å². The minimum Gasteiger partial charge on any atom is -0.478 e. The Labute approximate surface area is 105 Å². The summed E-state index contributed by atoms with van der Waals surface area (Å²) < 4.78 is 38.4. The summed E-state index contributed by atoms with van der Waals surface area (Å²) in [7, 11) is 0. The first kappa shape index (κ1) is 13.0. The summed E-state index contributed by atoms with van der Waals surface area (Å²) in [5.74, 6) is -1.41. The molecule has 0 fully saturated rings. The molecule has 1 aromatic heterocycles. The number of hydrogen-bond donors (Lipinski definition) is 1. The molecule has 0 saturated heterocycles. The number of nitrogens with zero attached hydrogens (tertiary/aromatic N) is 2. The predicted molar refractivity (Wildman–Crippen MR) is 59.4 cm³/mol. The zero-order chi connectivity index (χ0) is 14.0. The van der Waals surface area contributed by atoms with Gasteiger partial charge in [-0.2, -0.15) is 13.2 Å². The molecule has 1 aromatic carbocycles. The number of rotatable bonds is 2. The van der Waals surface area contributed by atoms with Crippen LogP contribution in [-0.4, -0.2) is 21.0 Å². The van der Waals surface area contributed by atoms with Gasteiger partial charge in [0.1, 0.15) is 0 Å². The molecule has 2 rings (SSSR count). The minimum atomic E-state index is -4.52. The van der Waals surface area contributed by atoms with Crippen molar-refractivity contribution in [3.05, 3.63) is 47.8 Å². The molecule has 0 aliphatic rings. The highest BCUT2D eigenvalue weighted by Gasteiger charge is 2.33. The standard InChI is InChI=1S/C12H7F3N2O2/c13-12(14,15)9-4-2-1-3-8(9)10-16-5-7(6-17-10)11(18)19/h1-6H,(H,18,19). The normalized spacial score (nSPS) is 11.3. The van der Waals surface area contributed by atoms with Crippen molar-refractivity contribution in [3.63, 3.8) is 0 Å². The lowest BCUT2D eigenvalue weighted by Gasteiger charge is -2.11. The maximum Gasteiger partial charge on any atom is 0.417 e. The molecule has 0 radical (unpaired) electrons. The fourth-order valence-corrected chi connectivity index (χ4v) is 1.50. The van der Waals surface area contributed by atoms with Crippen LogP contribution in [0.3, 0.4) is 0 Å². The SMILES string of the molecule is O=C(O)c1cnc(-c2ccccc2C(F)(F)F)nc1. The van der Waals surface area contributed by atoms with Gasteiger partial charge in [0.05, 0.1) is 11.1 Å². The van der Waals surface area contributed by atoms with Gasteiger partial charge in [-0.25, -0.2) is 14.8 Å². The van der Waals surface area contributed by atoms with Gasteiger partial charge in [0.25, 0.3) is 0 Å². The number of carboxylic acids is 1. The van der Waals surface area contributed by atoms with Crippen LogP contribution < -0.4 is 0 Å². The van der Waals surface area contributed by atoms with Gasteiger partial charge in [-0.05, 0) is 6.07 Å². The van der Waals surface area contributed by atoms with Crippen LogP contribution >= 0.6 is 0 Å². The maximum atomic E-state index is 12.8. The zero-order valence-electron chi connectivity index (χ0n) is 9.35. The Balaban J connectivity index is 2.50. The smallest absolute Gasteiger partial charge is 0.417 e. The topological polar surface area (TPSA) is 63.1 Å². The minimum absolute atomic E-state index is 0.169. The van der Waals surface area contributed by atoms with E-state index in [1.165, 1.54) is 18.2 Å². The first-order valence-electron chi connectivity index (χ1n) is 5.11. The number of carbonyl (C=O) groups is 1. The van der Waals surface area contributed by atoms with Crippen molar-refractivity contribution < 1.29 is 23.1 Å². The summed E-state index contributed by atoms with van der Waals surface area (Å²) in [5, 5.41) is 8.67. The van der Waals surface area contributed by atoms with E-state index in [9.17, 15) is 18.0 Å². The summed E-state index contributed by atoms with van der Waals surface area (Å²) in [6, 6.07) is 4.85. The first-order chi connectivity index (χ1) is 8.89. The van der Waals surface area contributed by atoms with Crippen molar-refractivity contribution in [1.82, 2.24) is 9.97 Å². The van der Waals surface area contributed by atoms with E-state index in [0.717, 1.165) is 18.5 Å². The zero-order valence-corrected chi connectivity index (χ0v) is 9.35. The van der Waals surface area contributed by atoms with E-state index < -0.39 is 17.7 Å². The van der Waals surface area contributed by atoms with Crippen LogP contribution in [0, 0.1) is 0 Å². The summed E-state index contributed by atoms with van der Waals surface area (Å²) in [5.41, 5.74) is -1.24. The molecule has 2 aromatic rings. The Morgan fingerprint density at radius 2 is 1.68 bits per heavy atom. The molecule has 0 aliphatic heterocycles. The van der Waals surface area contributed by atoms with E-state index in [4.69, 9.17) is 5.11 Å². The van der Waals surface area contributed by atoms with Crippen LogP contribution in [0.1, 0.15) is 15.9 Å². The number of carboxylic acid groups (broad SMARTS) is 1. The number of alkyl halides is 3. The van der Waals surface area contributed by atoms with Crippen LogP contribution in [-0.2, 0) is 6.18 Å². The number of benzene rings is 1. The van der Waals surface area contributed by atoms with Crippen LogP contribution in [0.2, 0.25) is 0 Å². The molecular formula is C12H7F3N2O2. The lowest BCUT2D eigenvalue weighted by atomic mass is 10.1. The van der Waals surface area contributed by atoms with E-state index in [2.05, 4.69) is 9.97 Å². The molecule has 0 aliphatic carbocycles. The Bertz CT molecular complexity index is 609. The summed E-state index contributed by atoms with van der Waals surface area (Å²) in [4.78, 5) is 17.9. The second-order valence-electron chi connectivity index (χ2n) is 3.64. The van der Waals surface area contributed by atoms with Crippen molar-refractivity contribution >= 4 is 5.97 Å². The van der Waals surface area contributed by atoms with E-state index >= 15 is 0 Å². The third kappa shape index (κ3) is 2.70. The van der Waals surface area contributed by atoms with E-state index in [1.54, 1.807) is 0 Å². The van der Waals surface area contributed by atoms with Crippen molar-refractivity contribution in [1.29, 1.82) is 0 Å². The monoisotopic (exact) mass is 268 g/mol. The van der Waals surface area contributed by atoms with Crippen molar-refractivity contribution in [2.24, 2.45) is 0 Å². The fraction of sp³-hybridized carbons (Fsp3) is 0.0833. The van der Waals surface area contributed by atoms with Gasteiger partial charge in [-0.3, -0.25) is 0 Å². The van der Waals surface area contributed by atoms with Gasteiger partial charge in [-0.1, -0.05) is 18.2 Å². The van der Waals surface area contributed by atoms with Crippen molar-refractivity contribution in [2.75, 3.05) is 0 Å². The van der Waals surface area contributed by atoms with Crippen LogP contribution in [0.25, 0.3) is 11.4 Å². The molecule has 19 heavy (non-hydrogen) atoms. The van der Waals surface area contributed by atoms with Gasteiger partial charge in [0, 0.05) is 18.0 Å². The van der Waals surface area contributed by atoms with Gasteiger partial charge >= 0.3 is 12.1 Å². The number of aromatic carboxylic acids is 1. The molecule has 0 saturated carbocycles. The number of halogens is 3. The third-order valence-corrected chi connectivity index (χ3v) is 2.37. The lowest BCUT2D eigenvalue weighted by molar-refractivity contribution is -0.137. The van der Waals surface area contributed by atoms with E-state index in [-0.39, 0.29) is 17.0 Å². The molecule has 0 amide bonds. The summed E-state index contributed by atoms with van der Waals surface area (Å²) in [6.07, 6.45) is -2.58. The molecule has 7 heteroatoms. The number of aromatic nitrogens is 2. The molecule has 0 atom stereocenters. The third-order valence-electron chi connectivity index (χ3n) is 2.37. The average molecular weight is 268 g/mol. The maximum absolute atomic E-state index is 12.8. The highest BCUT2D eigenvalue weighted by Crippen LogP contribution is 2.35. The van der Waals surface area contributed by atoms with E-state index in [1.807, 2.05) is 0 Å². The molecule has 4 nitrogen and oxygen atoms in total. The molecular weight excluding hydrogens is 261 g/mol. The Kier molecular flexibility index (Phi) is 3.20. The largest absolute Gasteiger partial charge is 0.478 e. The van der Waals surface area contributed by atoms with Crippen LogP contribution in [0.5, 0.6) is 0 Å². The second-order valence-corrected chi connectivity index (χ2v) is 3.64.